The number of methoxy groups -OCH3 is 1. The number of aliphatic hydroxyl groups is 1. The van der Waals surface area contributed by atoms with E-state index in [2.05, 4.69) is 27.5 Å². The molecule has 0 saturated carbocycles. The standard InChI is InChI=1S/C11H20N4O2/c1-3-5-12-11-13-6-4-10(15-11)14-7-9(16)8-17-2/h4,6,9,16H,3,5,7-8H2,1-2H3,(H2,12,13,14,15). The predicted molar refractivity (Wildman–Crippen MR) is 67.2 cm³/mol. The lowest BCUT2D eigenvalue weighted by atomic mass is 10.4. The molecule has 0 aliphatic heterocycles. The van der Waals surface area contributed by atoms with Crippen molar-refractivity contribution in [2.45, 2.75) is 19.4 Å². The van der Waals surface area contributed by atoms with Crippen LogP contribution in [0.2, 0.25) is 0 Å². The van der Waals surface area contributed by atoms with Crippen molar-refractivity contribution in [2.24, 2.45) is 0 Å². The molecule has 0 radical (unpaired) electrons. The molecule has 1 atom stereocenters. The lowest BCUT2D eigenvalue weighted by Crippen LogP contribution is -2.24. The van der Waals surface area contributed by atoms with Gasteiger partial charge in [0.15, 0.2) is 0 Å². The molecule has 96 valence electrons. The average Bonchev–Trinajstić information content (AvgIpc) is 2.35. The molecule has 1 rings (SSSR count). The zero-order valence-electron chi connectivity index (χ0n) is 10.3. The van der Waals surface area contributed by atoms with E-state index in [1.165, 1.54) is 0 Å². The summed E-state index contributed by atoms with van der Waals surface area (Å²) in [4.78, 5) is 8.35. The van der Waals surface area contributed by atoms with Gasteiger partial charge in [0.05, 0.1) is 12.7 Å². The average molecular weight is 240 g/mol. The summed E-state index contributed by atoms with van der Waals surface area (Å²) >= 11 is 0. The summed E-state index contributed by atoms with van der Waals surface area (Å²) in [5, 5.41) is 15.6. The fourth-order valence-electron chi connectivity index (χ4n) is 1.25. The molecule has 0 aliphatic rings. The third-order valence-electron chi connectivity index (χ3n) is 2.07. The Hall–Kier alpha value is -1.40. The molecular weight excluding hydrogens is 220 g/mol. The molecule has 0 spiro atoms. The van der Waals surface area contributed by atoms with E-state index in [1.54, 1.807) is 19.4 Å². The highest BCUT2D eigenvalue weighted by Gasteiger charge is 2.04. The quantitative estimate of drug-likeness (QED) is 0.621. The van der Waals surface area contributed by atoms with E-state index < -0.39 is 6.10 Å². The molecule has 0 fully saturated rings. The zero-order valence-corrected chi connectivity index (χ0v) is 10.3. The van der Waals surface area contributed by atoms with Crippen LogP contribution in [0.15, 0.2) is 12.3 Å². The normalized spacial score (nSPS) is 12.2. The molecule has 6 nitrogen and oxygen atoms in total. The molecule has 1 unspecified atom stereocenters. The zero-order chi connectivity index (χ0) is 12.5. The maximum Gasteiger partial charge on any atom is 0.224 e. The molecule has 17 heavy (non-hydrogen) atoms. The molecule has 6 heteroatoms. The number of aromatic nitrogens is 2. The number of ether oxygens (including phenoxy) is 1. The fourth-order valence-corrected chi connectivity index (χ4v) is 1.25. The Morgan fingerprint density at radius 3 is 3.00 bits per heavy atom. The summed E-state index contributed by atoms with van der Waals surface area (Å²) in [6, 6.07) is 1.76. The lowest BCUT2D eigenvalue weighted by molar-refractivity contribution is 0.0727. The second kappa shape index (κ2) is 7.81. The van der Waals surface area contributed by atoms with Crippen LogP contribution < -0.4 is 10.6 Å². The summed E-state index contributed by atoms with van der Waals surface area (Å²) < 4.78 is 4.83. The SMILES string of the molecule is CCCNc1nccc(NCC(O)COC)n1. The van der Waals surface area contributed by atoms with Gasteiger partial charge in [-0.2, -0.15) is 4.98 Å². The Bertz CT molecular complexity index is 322. The molecule has 1 aromatic rings. The number of anilines is 2. The van der Waals surface area contributed by atoms with Gasteiger partial charge in [0.25, 0.3) is 0 Å². The van der Waals surface area contributed by atoms with E-state index in [0.29, 0.717) is 24.9 Å². The number of aliphatic hydroxyl groups excluding tert-OH is 1. The largest absolute Gasteiger partial charge is 0.389 e. The van der Waals surface area contributed by atoms with Crippen molar-refractivity contribution >= 4 is 11.8 Å². The number of nitrogens with zero attached hydrogens (tertiary/aromatic N) is 2. The first kappa shape index (κ1) is 13.7. The smallest absolute Gasteiger partial charge is 0.224 e. The molecule has 1 heterocycles. The van der Waals surface area contributed by atoms with Gasteiger partial charge >= 0.3 is 0 Å². The highest BCUT2D eigenvalue weighted by Crippen LogP contribution is 2.05. The summed E-state index contributed by atoms with van der Waals surface area (Å²) in [5.41, 5.74) is 0. The van der Waals surface area contributed by atoms with Crippen molar-refractivity contribution in [3.05, 3.63) is 12.3 Å². The second-order valence-electron chi connectivity index (χ2n) is 3.68. The van der Waals surface area contributed by atoms with Gasteiger partial charge in [0.1, 0.15) is 5.82 Å². The van der Waals surface area contributed by atoms with Crippen LogP contribution in [0.5, 0.6) is 0 Å². The molecule has 0 aromatic carbocycles. The summed E-state index contributed by atoms with van der Waals surface area (Å²) in [6.45, 7) is 3.63. The first-order chi connectivity index (χ1) is 8.26. The molecule has 1 aromatic heterocycles. The van der Waals surface area contributed by atoms with Crippen molar-refractivity contribution in [1.29, 1.82) is 0 Å². The van der Waals surface area contributed by atoms with Crippen molar-refractivity contribution < 1.29 is 9.84 Å². The first-order valence-electron chi connectivity index (χ1n) is 5.74. The van der Waals surface area contributed by atoms with Crippen LogP contribution in [0, 0.1) is 0 Å². The number of rotatable bonds is 8. The molecule has 0 saturated heterocycles. The topological polar surface area (TPSA) is 79.3 Å². The van der Waals surface area contributed by atoms with Gasteiger partial charge < -0.3 is 20.5 Å². The van der Waals surface area contributed by atoms with Crippen molar-refractivity contribution in [1.82, 2.24) is 9.97 Å². The minimum Gasteiger partial charge on any atom is -0.389 e. The maximum atomic E-state index is 9.47. The van der Waals surface area contributed by atoms with Gasteiger partial charge in [0.2, 0.25) is 5.95 Å². The number of hydrogen-bond donors (Lipinski definition) is 3. The number of nitrogens with one attached hydrogen (secondary N) is 2. The van der Waals surface area contributed by atoms with Gasteiger partial charge in [-0.25, -0.2) is 4.98 Å². The van der Waals surface area contributed by atoms with Crippen molar-refractivity contribution in [3.8, 4) is 0 Å². The van der Waals surface area contributed by atoms with E-state index in [0.717, 1.165) is 13.0 Å². The minimum atomic E-state index is -0.540. The lowest BCUT2D eigenvalue weighted by Gasteiger charge is -2.11. The van der Waals surface area contributed by atoms with Crippen LogP contribution in [0.3, 0.4) is 0 Å². The number of hydrogen-bond acceptors (Lipinski definition) is 6. The maximum absolute atomic E-state index is 9.47. The van der Waals surface area contributed by atoms with Gasteiger partial charge in [-0.3, -0.25) is 0 Å². The minimum absolute atomic E-state index is 0.305. The summed E-state index contributed by atoms with van der Waals surface area (Å²) in [5.74, 6) is 1.28. The summed E-state index contributed by atoms with van der Waals surface area (Å²) in [6.07, 6.45) is 2.16. The third kappa shape index (κ3) is 5.46. The highest BCUT2D eigenvalue weighted by molar-refractivity contribution is 5.39. The van der Waals surface area contributed by atoms with E-state index in [4.69, 9.17) is 4.74 Å². The van der Waals surface area contributed by atoms with Gasteiger partial charge in [-0.1, -0.05) is 6.92 Å². The van der Waals surface area contributed by atoms with Crippen LogP contribution in [0.25, 0.3) is 0 Å². The molecule has 3 N–H and O–H groups in total. The molecular formula is C11H20N4O2. The Kier molecular flexibility index (Phi) is 6.27. The second-order valence-corrected chi connectivity index (χ2v) is 3.68. The molecule has 0 amide bonds. The van der Waals surface area contributed by atoms with Crippen LogP contribution in [-0.2, 0) is 4.74 Å². The molecule has 0 bridgehead atoms. The van der Waals surface area contributed by atoms with E-state index >= 15 is 0 Å². The van der Waals surface area contributed by atoms with Crippen LogP contribution in [0.1, 0.15) is 13.3 Å². The van der Waals surface area contributed by atoms with Gasteiger partial charge in [0, 0.05) is 26.4 Å². The van der Waals surface area contributed by atoms with Crippen LogP contribution >= 0.6 is 0 Å². The monoisotopic (exact) mass is 240 g/mol. The van der Waals surface area contributed by atoms with E-state index in [1.807, 2.05) is 0 Å². The fraction of sp³-hybridized carbons (Fsp3) is 0.636. The van der Waals surface area contributed by atoms with Crippen molar-refractivity contribution in [2.75, 3.05) is 37.4 Å². The Balaban J connectivity index is 2.42. The highest BCUT2D eigenvalue weighted by atomic mass is 16.5. The Morgan fingerprint density at radius 1 is 1.47 bits per heavy atom. The van der Waals surface area contributed by atoms with E-state index in [-0.39, 0.29) is 0 Å². The van der Waals surface area contributed by atoms with Crippen LogP contribution in [-0.4, -0.2) is 48.0 Å². The summed E-state index contributed by atoms with van der Waals surface area (Å²) in [7, 11) is 1.56. The van der Waals surface area contributed by atoms with Gasteiger partial charge in [-0.15, -0.1) is 0 Å². The Morgan fingerprint density at radius 2 is 2.29 bits per heavy atom. The first-order valence-corrected chi connectivity index (χ1v) is 5.74. The molecule has 0 aliphatic carbocycles. The Labute approximate surface area is 101 Å². The van der Waals surface area contributed by atoms with Crippen LogP contribution in [0.4, 0.5) is 11.8 Å². The van der Waals surface area contributed by atoms with E-state index in [9.17, 15) is 5.11 Å². The van der Waals surface area contributed by atoms with Crippen molar-refractivity contribution in [3.63, 3.8) is 0 Å². The van der Waals surface area contributed by atoms with Gasteiger partial charge in [-0.05, 0) is 12.5 Å². The predicted octanol–water partition coefficient (Wildman–Crippen LogP) is 0.718. The third-order valence-corrected chi connectivity index (χ3v) is 2.07.